The van der Waals surface area contributed by atoms with Crippen LogP contribution in [0, 0.1) is 6.92 Å². The average Bonchev–Trinajstić information content (AvgIpc) is 3.01. The second kappa shape index (κ2) is 16.2. The van der Waals surface area contributed by atoms with Crippen LogP contribution >= 0.6 is 47.2 Å². The molecule has 3 aromatic carbocycles. The van der Waals surface area contributed by atoms with Crippen molar-refractivity contribution in [1.82, 2.24) is 14.8 Å². The first-order valence-corrected chi connectivity index (χ1v) is 15.2. The second-order valence-electron chi connectivity index (χ2n) is 10.3. The third-order valence-corrected chi connectivity index (χ3v) is 8.06. The van der Waals surface area contributed by atoms with Gasteiger partial charge in [0.15, 0.2) is 5.75 Å². The van der Waals surface area contributed by atoms with Gasteiger partial charge in [0.25, 0.3) is 0 Å². The number of pyridine rings is 1. The van der Waals surface area contributed by atoms with Crippen LogP contribution in [-0.4, -0.2) is 53.9 Å². The van der Waals surface area contributed by atoms with E-state index >= 15 is 0 Å². The number of hydrogen-bond donors (Lipinski definition) is 0. The molecule has 6 nitrogen and oxygen atoms in total. The van der Waals surface area contributed by atoms with Gasteiger partial charge in [-0.1, -0.05) is 59.1 Å². The molecule has 5 rings (SSSR count). The van der Waals surface area contributed by atoms with E-state index in [1.54, 1.807) is 18.3 Å². The van der Waals surface area contributed by atoms with E-state index in [1.807, 2.05) is 61.5 Å². The third kappa shape index (κ3) is 9.13. The molecule has 0 spiro atoms. The highest BCUT2D eigenvalue weighted by atomic mass is 35.5. The van der Waals surface area contributed by atoms with Crippen LogP contribution in [0.5, 0.6) is 17.4 Å². The van der Waals surface area contributed by atoms with Crippen molar-refractivity contribution in [2.75, 3.05) is 32.8 Å². The molecule has 44 heavy (non-hydrogen) atoms. The number of carbonyl (C=O) groups is 1. The summed E-state index contributed by atoms with van der Waals surface area (Å²) in [6, 6.07) is 23.1. The highest BCUT2D eigenvalue weighted by molar-refractivity contribution is 6.32. The molecular formula is C34H33Cl4N3O3. The van der Waals surface area contributed by atoms with Crippen LogP contribution in [0.3, 0.4) is 0 Å². The van der Waals surface area contributed by atoms with Gasteiger partial charge in [-0.25, -0.2) is 4.98 Å². The predicted molar refractivity (Wildman–Crippen MR) is 181 cm³/mol. The Morgan fingerprint density at radius 3 is 2.14 bits per heavy atom. The Morgan fingerprint density at radius 2 is 1.55 bits per heavy atom. The van der Waals surface area contributed by atoms with Gasteiger partial charge in [-0.3, -0.25) is 9.69 Å². The standard InChI is InChI=1S/C34H32Cl3N3O3.ClH/c1-24-20-27(32(12-18-41)40-16-14-39(15-17-40)23-26-4-8-29(36)9-5-26)21-31(37)34(24)43-33-11-10-30(22-38-33)42-19-13-25-2-6-28(35)7-3-25;/h2-12,18,20-22H,13-17,19,23H2,1H3;1H/b32-12-;. The van der Waals surface area contributed by atoms with E-state index < -0.39 is 0 Å². The van der Waals surface area contributed by atoms with E-state index in [0.717, 1.165) is 72.8 Å². The molecule has 0 aliphatic carbocycles. The molecule has 0 bridgehead atoms. The summed E-state index contributed by atoms with van der Waals surface area (Å²) in [5.41, 5.74) is 4.92. The normalized spacial score (nSPS) is 13.7. The van der Waals surface area contributed by atoms with Crippen LogP contribution in [0.15, 0.2) is 85.1 Å². The lowest BCUT2D eigenvalue weighted by Crippen LogP contribution is -2.45. The smallest absolute Gasteiger partial charge is 0.219 e. The Morgan fingerprint density at radius 1 is 0.886 bits per heavy atom. The monoisotopic (exact) mass is 671 g/mol. The van der Waals surface area contributed by atoms with Crippen LogP contribution in [0.2, 0.25) is 15.1 Å². The van der Waals surface area contributed by atoms with Gasteiger partial charge < -0.3 is 14.4 Å². The molecule has 0 atom stereocenters. The topological polar surface area (TPSA) is 54.9 Å². The average molecular weight is 673 g/mol. The molecule has 230 valence electrons. The molecule has 4 aromatic rings. The minimum absolute atomic E-state index is 0. The Balaban J connectivity index is 0.00000442. The summed E-state index contributed by atoms with van der Waals surface area (Å²) in [7, 11) is 0. The van der Waals surface area contributed by atoms with E-state index in [-0.39, 0.29) is 12.4 Å². The molecule has 10 heteroatoms. The molecule has 0 amide bonds. The lowest BCUT2D eigenvalue weighted by molar-refractivity contribution is -0.104. The fraction of sp³-hybridized carbons (Fsp3) is 0.235. The summed E-state index contributed by atoms with van der Waals surface area (Å²) in [4.78, 5) is 20.6. The van der Waals surface area contributed by atoms with E-state index in [2.05, 4.69) is 26.9 Å². The third-order valence-electron chi connectivity index (χ3n) is 7.27. The molecule has 1 aromatic heterocycles. The molecule has 1 aliphatic rings. The van der Waals surface area contributed by atoms with Gasteiger partial charge >= 0.3 is 0 Å². The SMILES string of the molecule is Cc1cc(/C(=C/C=O)N2CCN(Cc3ccc(Cl)cc3)CC2)cc(Cl)c1Oc1ccc(OCCc2ccc(Cl)cc2)cn1.Cl. The lowest BCUT2D eigenvalue weighted by atomic mass is 10.1. The van der Waals surface area contributed by atoms with Gasteiger partial charge in [0.1, 0.15) is 12.0 Å². The molecule has 2 heterocycles. The summed E-state index contributed by atoms with van der Waals surface area (Å²) < 4.78 is 11.9. The van der Waals surface area contributed by atoms with Crippen molar-refractivity contribution >= 4 is 59.2 Å². The quantitative estimate of drug-likeness (QED) is 0.118. The second-order valence-corrected chi connectivity index (χ2v) is 11.6. The first kappa shape index (κ1) is 33.6. The van der Waals surface area contributed by atoms with Crippen LogP contribution in [0.4, 0.5) is 0 Å². The number of benzene rings is 3. The van der Waals surface area contributed by atoms with Crippen molar-refractivity contribution in [2.24, 2.45) is 0 Å². The Labute approximate surface area is 279 Å². The largest absolute Gasteiger partial charge is 0.492 e. The molecular weight excluding hydrogens is 640 g/mol. The summed E-state index contributed by atoms with van der Waals surface area (Å²) >= 11 is 18.7. The zero-order valence-electron chi connectivity index (χ0n) is 24.2. The highest BCUT2D eigenvalue weighted by Crippen LogP contribution is 2.36. The molecule has 0 saturated carbocycles. The number of hydrogen-bond acceptors (Lipinski definition) is 6. The number of carbonyl (C=O) groups excluding carboxylic acids is 1. The molecule has 1 saturated heterocycles. The molecule has 0 N–H and O–H groups in total. The number of halogens is 4. The van der Waals surface area contributed by atoms with Crippen molar-refractivity contribution < 1.29 is 14.3 Å². The van der Waals surface area contributed by atoms with Crippen molar-refractivity contribution in [1.29, 1.82) is 0 Å². The highest BCUT2D eigenvalue weighted by Gasteiger charge is 2.21. The fourth-order valence-electron chi connectivity index (χ4n) is 5.01. The fourth-order valence-corrected chi connectivity index (χ4v) is 5.56. The summed E-state index contributed by atoms with van der Waals surface area (Å²) in [6.07, 6.45) is 4.82. The molecule has 0 unspecified atom stereocenters. The number of ether oxygens (including phenoxy) is 2. The van der Waals surface area contributed by atoms with E-state index in [0.29, 0.717) is 34.0 Å². The van der Waals surface area contributed by atoms with Gasteiger partial charge in [0, 0.05) is 67.0 Å². The van der Waals surface area contributed by atoms with Gasteiger partial charge in [-0.15, -0.1) is 12.4 Å². The van der Waals surface area contributed by atoms with Crippen LogP contribution < -0.4 is 9.47 Å². The van der Waals surface area contributed by atoms with Crippen LogP contribution in [-0.2, 0) is 17.8 Å². The number of piperazine rings is 1. The minimum atomic E-state index is 0. The van der Waals surface area contributed by atoms with Gasteiger partial charge in [-0.05, 0) is 71.6 Å². The number of aromatic nitrogens is 1. The van der Waals surface area contributed by atoms with Gasteiger partial charge in [-0.2, -0.15) is 0 Å². The number of aldehydes is 1. The Bertz CT molecular complexity index is 1530. The van der Waals surface area contributed by atoms with Crippen molar-refractivity contribution in [3.8, 4) is 17.4 Å². The maximum Gasteiger partial charge on any atom is 0.219 e. The van der Waals surface area contributed by atoms with Crippen LogP contribution in [0.25, 0.3) is 5.70 Å². The van der Waals surface area contributed by atoms with E-state index in [9.17, 15) is 4.79 Å². The van der Waals surface area contributed by atoms with Crippen LogP contribution in [0.1, 0.15) is 22.3 Å². The summed E-state index contributed by atoms with van der Waals surface area (Å²) in [5, 5.41) is 1.90. The van der Waals surface area contributed by atoms with Crippen molar-refractivity contribution in [3.63, 3.8) is 0 Å². The molecule has 1 fully saturated rings. The van der Waals surface area contributed by atoms with Crippen molar-refractivity contribution in [3.05, 3.63) is 122 Å². The molecule has 0 radical (unpaired) electrons. The number of aryl methyl sites for hydroxylation is 1. The Hall–Kier alpha value is -3.26. The van der Waals surface area contributed by atoms with E-state index in [4.69, 9.17) is 44.3 Å². The maximum absolute atomic E-state index is 11.6. The zero-order valence-corrected chi connectivity index (χ0v) is 27.3. The number of nitrogens with zero attached hydrogens (tertiary/aromatic N) is 3. The minimum Gasteiger partial charge on any atom is -0.492 e. The Kier molecular flexibility index (Phi) is 12.4. The lowest BCUT2D eigenvalue weighted by Gasteiger charge is -2.37. The van der Waals surface area contributed by atoms with Gasteiger partial charge in [0.2, 0.25) is 5.88 Å². The number of allylic oxidation sites excluding steroid dienone is 1. The summed E-state index contributed by atoms with van der Waals surface area (Å²) in [6.45, 7) is 6.64. The first-order valence-electron chi connectivity index (χ1n) is 14.1. The van der Waals surface area contributed by atoms with Gasteiger partial charge in [0.05, 0.1) is 17.8 Å². The van der Waals surface area contributed by atoms with E-state index in [1.165, 1.54) is 5.56 Å². The summed E-state index contributed by atoms with van der Waals surface area (Å²) in [5.74, 6) is 1.58. The maximum atomic E-state index is 11.6. The first-order chi connectivity index (χ1) is 20.9. The molecule has 1 aliphatic heterocycles. The zero-order chi connectivity index (χ0) is 30.2. The number of rotatable bonds is 11. The predicted octanol–water partition coefficient (Wildman–Crippen LogP) is 8.54. The van der Waals surface area contributed by atoms with Crippen molar-refractivity contribution in [2.45, 2.75) is 19.9 Å².